The maximum Gasteiger partial charge on any atom is 0.422 e. The van der Waals surface area contributed by atoms with Crippen LogP contribution in [0.5, 0.6) is 5.75 Å². The van der Waals surface area contributed by atoms with Gasteiger partial charge in [-0.05, 0) is 31.3 Å². The van der Waals surface area contributed by atoms with Crippen LogP contribution >= 0.6 is 12.2 Å². The normalized spacial score (nSPS) is 10.9. The van der Waals surface area contributed by atoms with Crippen LogP contribution in [0.3, 0.4) is 0 Å². The Morgan fingerprint density at radius 2 is 1.77 bits per heavy atom. The maximum absolute atomic E-state index is 12.3. The summed E-state index contributed by atoms with van der Waals surface area (Å²) in [5.41, 5.74) is 1.44. The lowest BCUT2D eigenvalue weighted by Gasteiger charge is -2.13. The summed E-state index contributed by atoms with van der Waals surface area (Å²) in [7, 11) is 0. The minimum atomic E-state index is -4.56. The molecule has 0 radical (unpaired) electrons. The van der Waals surface area contributed by atoms with Gasteiger partial charge in [0.25, 0.3) is 5.69 Å². The Balaban J connectivity index is 2.13. The van der Waals surface area contributed by atoms with Gasteiger partial charge in [0.15, 0.2) is 11.7 Å². The Morgan fingerprint density at radius 1 is 1.15 bits per heavy atom. The molecule has 0 unspecified atom stereocenters. The SMILES string of the molecule is Cc1ccc(NC(=S)Nc2cc(OCC(F)(F)F)cc([N+](=O)[O-])c2)cc1. The van der Waals surface area contributed by atoms with Crippen LogP contribution in [0, 0.1) is 17.0 Å². The van der Waals surface area contributed by atoms with E-state index in [-0.39, 0.29) is 16.5 Å². The van der Waals surface area contributed by atoms with Crippen LogP contribution in [0.4, 0.5) is 30.2 Å². The molecule has 0 fully saturated rings. The smallest absolute Gasteiger partial charge is 0.422 e. The second-order valence-corrected chi connectivity index (χ2v) is 5.73. The molecule has 2 aromatic rings. The van der Waals surface area contributed by atoms with Crippen molar-refractivity contribution in [2.24, 2.45) is 0 Å². The molecule has 0 aliphatic rings. The van der Waals surface area contributed by atoms with E-state index in [4.69, 9.17) is 12.2 Å². The lowest BCUT2D eigenvalue weighted by molar-refractivity contribution is -0.384. The first kappa shape index (κ1) is 19.4. The molecule has 2 aromatic carbocycles. The molecule has 0 bridgehead atoms. The summed E-state index contributed by atoms with van der Waals surface area (Å²) in [6, 6.07) is 10.5. The zero-order chi connectivity index (χ0) is 19.3. The Hall–Kier alpha value is -2.88. The quantitative estimate of drug-likeness (QED) is 0.443. The third-order valence-corrected chi connectivity index (χ3v) is 3.28. The highest BCUT2D eigenvalue weighted by Gasteiger charge is 2.28. The average molecular weight is 385 g/mol. The number of nitro benzene ring substituents is 1. The van der Waals surface area contributed by atoms with Crippen LogP contribution in [0.25, 0.3) is 0 Å². The fraction of sp³-hybridized carbons (Fsp3) is 0.188. The number of hydrogen-bond donors (Lipinski definition) is 2. The topological polar surface area (TPSA) is 76.4 Å². The molecule has 26 heavy (non-hydrogen) atoms. The monoisotopic (exact) mass is 385 g/mol. The van der Waals surface area contributed by atoms with Crippen molar-refractivity contribution in [1.82, 2.24) is 0 Å². The highest BCUT2D eigenvalue weighted by Crippen LogP contribution is 2.28. The molecule has 0 heterocycles. The molecule has 2 rings (SSSR count). The first-order chi connectivity index (χ1) is 12.1. The first-order valence-electron chi connectivity index (χ1n) is 7.26. The second-order valence-electron chi connectivity index (χ2n) is 5.32. The van der Waals surface area contributed by atoms with E-state index in [0.29, 0.717) is 5.69 Å². The van der Waals surface area contributed by atoms with Crippen LogP contribution in [-0.4, -0.2) is 22.8 Å². The van der Waals surface area contributed by atoms with Crippen LogP contribution in [0.2, 0.25) is 0 Å². The number of nitro groups is 1. The molecule has 138 valence electrons. The number of hydrogen-bond acceptors (Lipinski definition) is 4. The zero-order valence-electron chi connectivity index (χ0n) is 13.5. The second kappa shape index (κ2) is 8.00. The molecule has 0 aliphatic carbocycles. The van der Waals surface area contributed by atoms with Gasteiger partial charge in [0.1, 0.15) is 5.75 Å². The van der Waals surface area contributed by atoms with Gasteiger partial charge in [-0.15, -0.1) is 0 Å². The highest BCUT2D eigenvalue weighted by molar-refractivity contribution is 7.80. The van der Waals surface area contributed by atoms with Crippen molar-refractivity contribution in [2.45, 2.75) is 13.1 Å². The van der Waals surface area contributed by atoms with E-state index in [1.54, 1.807) is 12.1 Å². The van der Waals surface area contributed by atoms with Gasteiger partial charge < -0.3 is 15.4 Å². The molecule has 2 N–H and O–H groups in total. The third-order valence-electron chi connectivity index (χ3n) is 3.07. The highest BCUT2D eigenvalue weighted by atomic mass is 32.1. The summed E-state index contributed by atoms with van der Waals surface area (Å²) in [6.07, 6.45) is -4.56. The summed E-state index contributed by atoms with van der Waals surface area (Å²) in [6.45, 7) is 0.367. The Labute approximate surface area is 152 Å². The molecular weight excluding hydrogens is 371 g/mol. The molecule has 10 heteroatoms. The standard InChI is InChI=1S/C16H14F3N3O3S/c1-10-2-4-11(5-3-10)20-15(26)21-12-6-13(22(23)24)8-14(7-12)25-9-16(17,18)19/h2-8H,9H2,1H3,(H2,20,21,26). The number of anilines is 2. The van der Waals surface area contributed by atoms with Gasteiger partial charge >= 0.3 is 6.18 Å². The van der Waals surface area contributed by atoms with Crippen molar-refractivity contribution in [3.8, 4) is 5.75 Å². The van der Waals surface area contributed by atoms with Crippen LogP contribution in [0.1, 0.15) is 5.56 Å². The molecule has 0 saturated heterocycles. The summed E-state index contributed by atoms with van der Waals surface area (Å²) in [4.78, 5) is 10.2. The van der Waals surface area contributed by atoms with E-state index in [1.807, 2.05) is 19.1 Å². The van der Waals surface area contributed by atoms with E-state index in [2.05, 4.69) is 15.4 Å². The maximum atomic E-state index is 12.3. The first-order valence-corrected chi connectivity index (χ1v) is 7.67. The minimum Gasteiger partial charge on any atom is -0.484 e. The molecular formula is C16H14F3N3O3S. The summed E-state index contributed by atoms with van der Waals surface area (Å²) >= 11 is 5.11. The number of non-ortho nitro benzene ring substituents is 1. The van der Waals surface area contributed by atoms with Gasteiger partial charge in [0.05, 0.1) is 16.7 Å². The van der Waals surface area contributed by atoms with E-state index < -0.39 is 23.4 Å². The number of ether oxygens (including phenoxy) is 1. The number of nitrogens with zero attached hydrogens (tertiary/aromatic N) is 1. The lowest BCUT2D eigenvalue weighted by atomic mass is 10.2. The number of thiocarbonyl (C=S) groups is 1. The number of halogens is 3. The fourth-order valence-corrected chi connectivity index (χ4v) is 2.18. The van der Waals surface area contributed by atoms with E-state index >= 15 is 0 Å². The van der Waals surface area contributed by atoms with Gasteiger partial charge in [0.2, 0.25) is 0 Å². The third kappa shape index (κ3) is 6.20. The largest absolute Gasteiger partial charge is 0.484 e. The minimum absolute atomic E-state index is 0.121. The van der Waals surface area contributed by atoms with Crippen molar-refractivity contribution in [2.75, 3.05) is 17.2 Å². The Bertz CT molecular complexity index is 811. The molecule has 0 amide bonds. The molecule has 6 nitrogen and oxygen atoms in total. The van der Waals surface area contributed by atoms with Crippen LogP contribution in [0.15, 0.2) is 42.5 Å². The summed E-state index contributed by atoms with van der Waals surface area (Å²) < 4.78 is 41.4. The average Bonchev–Trinajstić information content (AvgIpc) is 2.54. The van der Waals surface area contributed by atoms with Crippen molar-refractivity contribution >= 4 is 34.4 Å². The Kier molecular flexibility index (Phi) is 5.98. The van der Waals surface area contributed by atoms with Gasteiger partial charge in [-0.1, -0.05) is 17.7 Å². The molecule has 0 saturated carbocycles. The summed E-state index contributed by atoms with van der Waals surface area (Å²) in [5, 5.41) is 16.7. The van der Waals surface area contributed by atoms with Gasteiger partial charge in [0, 0.05) is 17.8 Å². The van der Waals surface area contributed by atoms with Crippen molar-refractivity contribution in [1.29, 1.82) is 0 Å². The van der Waals surface area contributed by atoms with Gasteiger partial charge in [-0.3, -0.25) is 10.1 Å². The van der Waals surface area contributed by atoms with Gasteiger partial charge in [-0.2, -0.15) is 13.2 Å². The number of nitrogens with one attached hydrogen (secondary N) is 2. The molecule has 0 aromatic heterocycles. The number of alkyl halides is 3. The van der Waals surface area contributed by atoms with Crippen molar-refractivity contribution < 1.29 is 22.8 Å². The predicted molar refractivity (Wildman–Crippen MR) is 95.7 cm³/mol. The lowest BCUT2D eigenvalue weighted by Crippen LogP contribution is -2.20. The number of aryl methyl sites for hydroxylation is 1. The van der Waals surface area contributed by atoms with E-state index in [9.17, 15) is 23.3 Å². The summed E-state index contributed by atoms with van der Waals surface area (Å²) in [5.74, 6) is -0.294. The van der Waals surface area contributed by atoms with Crippen molar-refractivity contribution in [3.63, 3.8) is 0 Å². The fourth-order valence-electron chi connectivity index (χ4n) is 1.94. The van der Waals surface area contributed by atoms with Crippen LogP contribution < -0.4 is 15.4 Å². The van der Waals surface area contributed by atoms with Gasteiger partial charge in [-0.25, -0.2) is 0 Å². The number of rotatable bonds is 5. The Morgan fingerprint density at radius 3 is 2.35 bits per heavy atom. The predicted octanol–water partition coefficient (Wildman–Crippen LogP) is 4.65. The molecule has 0 aliphatic heterocycles. The van der Waals surface area contributed by atoms with E-state index in [0.717, 1.165) is 17.7 Å². The van der Waals surface area contributed by atoms with Crippen molar-refractivity contribution in [3.05, 3.63) is 58.1 Å². The zero-order valence-corrected chi connectivity index (χ0v) is 14.3. The van der Waals surface area contributed by atoms with E-state index in [1.165, 1.54) is 6.07 Å². The van der Waals surface area contributed by atoms with Crippen LogP contribution in [-0.2, 0) is 0 Å². The number of benzene rings is 2. The molecule has 0 spiro atoms. The molecule has 0 atom stereocenters.